The van der Waals surface area contributed by atoms with Crippen LogP contribution in [0.15, 0.2) is 11.0 Å². The van der Waals surface area contributed by atoms with Crippen LogP contribution in [0, 0.1) is 0 Å². The van der Waals surface area contributed by atoms with E-state index in [2.05, 4.69) is 11.7 Å². The summed E-state index contributed by atoms with van der Waals surface area (Å²) >= 11 is 4.42. The van der Waals surface area contributed by atoms with Crippen LogP contribution in [0.2, 0.25) is 0 Å². The zero-order chi connectivity index (χ0) is 8.48. The van der Waals surface area contributed by atoms with Gasteiger partial charge in [0.25, 0.3) is 0 Å². The fraction of sp³-hybridized carbons (Fsp3) is 0.500. The number of carbonyl (C=O) groups is 1. The lowest BCUT2D eigenvalue weighted by molar-refractivity contribution is -0.135. The number of rotatable bonds is 2. The Morgan fingerprint density at radius 1 is 1.82 bits per heavy atom. The molecule has 0 aliphatic carbocycles. The molecule has 1 aliphatic rings. The van der Waals surface area contributed by atoms with E-state index < -0.39 is 8.09 Å². The predicted octanol–water partition coefficient (Wildman–Crippen LogP) is 1.98. The first kappa shape index (κ1) is 9.35. The molecule has 2 nitrogen and oxygen atoms in total. The number of thiol groups is 1. The molecule has 0 aromatic heterocycles. The molecule has 0 spiro atoms. The number of ether oxygens (including phenoxy) is 1. The molecule has 1 unspecified atom stereocenters. The molecule has 1 heterocycles. The van der Waals surface area contributed by atoms with E-state index in [9.17, 15) is 4.79 Å². The summed E-state index contributed by atoms with van der Waals surface area (Å²) in [4.78, 5) is 11.8. The zero-order valence-electron chi connectivity index (χ0n) is 6.36. The van der Waals surface area contributed by atoms with E-state index in [4.69, 9.17) is 4.74 Å². The SMILES string of the molecule is CSS(C)(S)C1=CCOC1=O. The van der Waals surface area contributed by atoms with Gasteiger partial charge in [-0.05, 0) is 18.6 Å². The highest BCUT2D eigenvalue weighted by molar-refractivity contribution is 9.22. The summed E-state index contributed by atoms with van der Waals surface area (Å²) in [6, 6.07) is 0. The minimum atomic E-state index is -1.25. The van der Waals surface area contributed by atoms with Crippen molar-refractivity contribution in [1.29, 1.82) is 0 Å². The van der Waals surface area contributed by atoms with Gasteiger partial charge in [0.15, 0.2) is 0 Å². The van der Waals surface area contributed by atoms with Crippen LogP contribution in [0.3, 0.4) is 0 Å². The normalized spacial score (nSPS) is 25.4. The molecule has 0 aromatic rings. The molecular weight excluding hydrogens is 200 g/mol. The summed E-state index contributed by atoms with van der Waals surface area (Å²) < 4.78 is 4.78. The maximum atomic E-state index is 11.0. The van der Waals surface area contributed by atoms with Crippen LogP contribution in [-0.2, 0) is 9.53 Å². The summed E-state index contributed by atoms with van der Waals surface area (Å²) in [5, 5.41) is 0. The number of esters is 1. The topological polar surface area (TPSA) is 26.3 Å². The minimum absolute atomic E-state index is 0.202. The van der Waals surface area contributed by atoms with E-state index in [0.717, 1.165) is 4.91 Å². The van der Waals surface area contributed by atoms with Gasteiger partial charge in [0.2, 0.25) is 0 Å². The Labute approximate surface area is 76.3 Å². The molecule has 64 valence electrons. The quantitative estimate of drug-likeness (QED) is 0.429. The molecule has 0 amide bonds. The molecule has 1 atom stereocenters. The molecule has 0 saturated heterocycles. The maximum absolute atomic E-state index is 11.0. The van der Waals surface area contributed by atoms with E-state index in [1.807, 2.05) is 18.6 Å². The van der Waals surface area contributed by atoms with Crippen molar-refractivity contribution >= 4 is 36.5 Å². The largest absolute Gasteiger partial charge is 0.457 e. The van der Waals surface area contributed by atoms with Gasteiger partial charge in [0.1, 0.15) is 6.61 Å². The van der Waals surface area contributed by atoms with Gasteiger partial charge in [-0.25, -0.2) is 4.79 Å². The van der Waals surface area contributed by atoms with Gasteiger partial charge in [0, 0.05) is 0 Å². The average molecular weight is 210 g/mol. The highest BCUT2D eigenvalue weighted by Crippen LogP contribution is 2.66. The van der Waals surface area contributed by atoms with Crippen molar-refractivity contribution in [3.8, 4) is 0 Å². The molecule has 0 radical (unpaired) electrons. The number of hydrogen-bond acceptors (Lipinski definition) is 4. The second kappa shape index (κ2) is 3.33. The first-order chi connectivity index (χ1) is 5.08. The first-order valence-electron chi connectivity index (χ1n) is 3.01. The van der Waals surface area contributed by atoms with Crippen molar-refractivity contribution in [1.82, 2.24) is 0 Å². The third-order valence-corrected chi connectivity index (χ3v) is 7.63. The highest BCUT2D eigenvalue weighted by Gasteiger charge is 2.28. The molecule has 0 saturated carbocycles. The van der Waals surface area contributed by atoms with Gasteiger partial charge in [-0.15, -0.1) is 30.5 Å². The van der Waals surface area contributed by atoms with E-state index in [0.29, 0.717) is 6.61 Å². The van der Waals surface area contributed by atoms with Gasteiger partial charge < -0.3 is 4.74 Å². The van der Waals surface area contributed by atoms with Crippen molar-refractivity contribution in [3.05, 3.63) is 11.0 Å². The van der Waals surface area contributed by atoms with Crippen LogP contribution < -0.4 is 0 Å². The average Bonchev–Trinajstić information content (AvgIpc) is 2.36. The Kier molecular flexibility index (Phi) is 2.83. The lowest BCUT2D eigenvalue weighted by Crippen LogP contribution is -2.01. The molecule has 1 rings (SSSR count). The summed E-state index contributed by atoms with van der Waals surface area (Å²) in [6.07, 6.45) is 5.75. The second-order valence-corrected chi connectivity index (χ2v) is 10.4. The Balaban J connectivity index is 2.82. The van der Waals surface area contributed by atoms with Crippen molar-refractivity contribution in [2.45, 2.75) is 0 Å². The van der Waals surface area contributed by atoms with Crippen LogP contribution in [0.5, 0.6) is 0 Å². The van der Waals surface area contributed by atoms with Crippen molar-refractivity contribution < 1.29 is 9.53 Å². The van der Waals surface area contributed by atoms with Crippen LogP contribution in [0.4, 0.5) is 0 Å². The van der Waals surface area contributed by atoms with Gasteiger partial charge in [-0.3, -0.25) is 0 Å². The Morgan fingerprint density at radius 3 is 2.82 bits per heavy atom. The molecule has 1 aliphatic heterocycles. The van der Waals surface area contributed by atoms with Crippen LogP contribution >= 0.6 is 30.5 Å². The predicted molar refractivity (Wildman–Crippen MR) is 55.1 cm³/mol. The smallest absolute Gasteiger partial charge is 0.344 e. The van der Waals surface area contributed by atoms with E-state index in [1.165, 1.54) is 0 Å². The third kappa shape index (κ3) is 1.89. The molecular formula is C6H10O2S3. The number of carbonyl (C=O) groups excluding carboxylic acids is 1. The van der Waals surface area contributed by atoms with Crippen LogP contribution in [-0.4, -0.2) is 25.1 Å². The Bertz CT molecular complexity index is 210. The Morgan fingerprint density at radius 2 is 2.45 bits per heavy atom. The standard InChI is InChI=1S/C6H10O2S3/c1-10-11(2,9)5-3-4-8-6(5)7/h3,9H,4H2,1-2H3. The first-order valence-corrected chi connectivity index (χ1v) is 7.85. The molecule has 11 heavy (non-hydrogen) atoms. The van der Waals surface area contributed by atoms with Gasteiger partial charge in [0.05, 0.1) is 4.91 Å². The molecule has 0 fully saturated rings. The second-order valence-electron chi connectivity index (χ2n) is 2.14. The van der Waals surface area contributed by atoms with E-state index in [1.54, 1.807) is 10.8 Å². The summed E-state index contributed by atoms with van der Waals surface area (Å²) in [5.41, 5.74) is 0. The van der Waals surface area contributed by atoms with Crippen LogP contribution in [0.1, 0.15) is 0 Å². The molecule has 0 aromatic carbocycles. The van der Waals surface area contributed by atoms with E-state index >= 15 is 0 Å². The summed E-state index contributed by atoms with van der Waals surface area (Å²) in [6.45, 7) is 0.415. The van der Waals surface area contributed by atoms with Gasteiger partial charge in [-0.1, -0.05) is 0 Å². The third-order valence-electron chi connectivity index (χ3n) is 1.42. The summed E-state index contributed by atoms with van der Waals surface area (Å²) in [7, 11) is 0.357. The zero-order valence-corrected chi connectivity index (χ0v) is 8.89. The Hall–Kier alpha value is 0.260. The molecule has 0 N–H and O–H groups in total. The highest BCUT2D eigenvalue weighted by atomic mass is 33.5. The fourth-order valence-electron chi connectivity index (χ4n) is 0.747. The van der Waals surface area contributed by atoms with Crippen LogP contribution in [0.25, 0.3) is 0 Å². The van der Waals surface area contributed by atoms with Crippen molar-refractivity contribution in [2.75, 3.05) is 19.1 Å². The minimum Gasteiger partial charge on any atom is -0.457 e. The monoisotopic (exact) mass is 210 g/mol. The number of hydrogen-bond donors (Lipinski definition) is 1. The van der Waals surface area contributed by atoms with Crippen molar-refractivity contribution in [3.63, 3.8) is 0 Å². The number of cyclic esters (lactones) is 1. The lowest BCUT2D eigenvalue weighted by atomic mass is 10.6. The molecule has 5 heteroatoms. The molecule has 0 bridgehead atoms. The van der Waals surface area contributed by atoms with Gasteiger partial charge >= 0.3 is 5.97 Å². The van der Waals surface area contributed by atoms with Crippen molar-refractivity contribution in [2.24, 2.45) is 0 Å². The lowest BCUT2D eigenvalue weighted by Gasteiger charge is -2.25. The maximum Gasteiger partial charge on any atom is 0.344 e. The van der Waals surface area contributed by atoms with E-state index in [-0.39, 0.29) is 5.97 Å². The van der Waals surface area contributed by atoms with Gasteiger partial charge in [-0.2, -0.15) is 0 Å². The fourth-order valence-corrected chi connectivity index (χ4v) is 3.07. The summed E-state index contributed by atoms with van der Waals surface area (Å²) in [5.74, 6) is -0.202.